The van der Waals surface area contributed by atoms with Crippen molar-refractivity contribution in [1.29, 1.82) is 0 Å². The van der Waals surface area contributed by atoms with Crippen molar-refractivity contribution < 1.29 is 18.3 Å². The number of carbonyl (C=O) groups is 1. The number of fused-ring (bicyclic) bond motifs is 2. The summed E-state index contributed by atoms with van der Waals surface area (Å²) in [4.78, 5) is 13.5. The molecule has 2 saturated heterocycles. The van der Waals surface area contributed by atoms with Gasteiger partial charge in [0.25, 0.3) is 0 Å². The van der Waals surface area contributed by atoms with Gasteiger partial charge in [-0.05, 0) is 32.1 Å². The third kappa shape index (κ3) is 2.09. The molecule has 0 spiro atoms. The first-order valence-electron chi connectivity index (χ1n) is 7.08. The molecule has 0 aromatic carbocycles. The number of hydrogen-bond donors (Lipinski definition) is 1. The molecular weight excluding hydrogens is 266 g/mol. The van der Waals surface area contributed by atoms with Gasteiger partial charge in [-0.2, -0.15) is 0 Å². The highest BCUT2D eigenvalue weighted by atomic mass is 32.2. The minimum Gasteiger partial charge on any atom is -0.481 e. The maximum absolute atomic E-state index is 11.9. The summed E-state index contributed by atoms with van der Waals surface area (Å²) in [6.45, 7) is 0. The van der Waals surface area contributed by atoms with Gasteiger partial charge >= 0.3 is 5.97 Å². The minimum atomic E-state index is -3.04. The van der Waals surface area contributed by atoms with Gasteiger partial charge < -0.3 is 5.11 Å². The average molecular weight is 287 g/mol. The monoisotopic (exact) mass is 287 g/mol. The standard InChI is InChI=1S/C13H21NO4S/c1-19(17,18)12-4-2-3-11(12)14-8-5-6-10(14)9(7-8)13(15)16/h8-12H,2-7H2,1H3,(H,15,16). The summed E-state index contributed by atoms with van der Waals surface area (Å²) in [7, 11) is -3.04. The van der Waals surface area contributed by atoms with E-state index < -0.39 is 15.8 Å². The van der Waals surface area contributed by atoms with E-state index in [1.165, 1.54) is 6.26 Å². The largest absolute Gasteiger partial charge is 0.481 e. The summed E-state index contributed by atoms with van der Waals surface area (Å²) in [5.74, 6) is -1.01. The molecular formula is C13H21NO4S. The van der Waals surface area contributed by atoms with Gasteiger partial charge in [-0.1, -0.05) is 6.42 Å². The van der Waals surface area contributed by atoms with Crippen molar-refractivity contribution in [3.63, 3.8) is 0 Å². The van der Waals surface area contributed by atoms with Crippen LogP contribution in [0.5, 0.6) is 0 Å². The molecule has 5 atom stereocenters. The Morgan fingerprint density at radius 2 is 1.89 bits per heavy atom. The third-order valence-corrected chi connectivity index (χ3v) is 6.91. The third-order valence-electron chi connectivity index (χ3n) is 5.26. The molecule has 5 unspecified atom stereocenters. The highest BCUT2D eigenvalue weighted by Crippen LogP contribution is 2.46. The minimum absolute atomic E-state index is 0.0526. The van der Waals surface area contributed by atoms with Crippen molar-refractivity contribution in [2.45, 2.75) is 61.9 Å². The molecule has 0 aromatic rings. The number of hydrogen-bond acceptors (Lipinski definition) is 4. The van der Waals surface area contributed by atoms with E-state index in [1.54, 1.807) is 0 Å². The SMILES string of the molecule is CS(=O)(=O)C1CCCC1N1C2CCC1C(C(=O)O)C2. The van der Waals surface area contributed by atoms with Crippen LogP contribution in [-0.4, -0.2) is 54.0 Å². The second-order valence-electron chi connectivity index (χ2n) is 6.29. The Morgan fingerprint density at radius 3 is 2.47 bits per heavy atom. The number of sulfone groups is 1. The Bertz CT molecular complexity index is 489. The van der Waals surface area contributed by atoms with Crippen LogP contribution >= 0.6 is 0 Å². The number of rotatable bonds is 3. The molecule has 2 aliphatic heterocycles. The maximum Gasteiger partial charge on any atom is 0.308 e. The van der Waals surface area contributed by atoms with Crippen molar-refractivity contribution in [3.05, 3.63) is 0 Å². The van der Waals surface area contributed by atoms with Gasteiger partial charge in [0.1, 0.15) is 0 Å². The van der Waals surface area contributed by atoms with E-state index in [0.29, 0.717) is 12.5 Å². The topological polar surface area (TPSA) is 74.7 Å². The lowest BCUT2D eigenvalue weighted by atomic mass is 9.89. The molecule has 108 valence electrons. The molecule has 1 aliphatic carbocycles. The molecule has 0 amide bonds. The molecule has 19 heavy (non-hydrogen) atoms. The summed E-state index contributed by atoms with van der Waals surface area (Å²) >= 11 is 0. The average Bonchev–Trinajstić information content (AvgIpc) is 2.99. The van der Waals surface area contributed by atoms with Crippen molar-refractivity contribution in [2.75, 3.05) is 6.26 Å². The molecule has 3 fully saturated rings. The highest BCUT2D eigenvalue weighted by molar-refractivity contribution is 7.91. The Kier molecular flexibility index (Phi) is 3.13. The second-order valence-corrected chi connectivity index (χ2v) is 8.56. The normalized spacial score (nSPS) is 42.9. The van der Waals surface area contributed by atoms with Crippen molar-refractivity contribution in [2.24, 2.45) is 5.92 Å². The Morgan fingerprint density at radius 1 is 1.16 bits per heavy atom. The molecule has 0 radical (unpaired) electrons. The van der Waals surface area contributed by atoms with Crippen LogP contribution in [0.3, 0.4) is 0 Å². The van der Waals surface area contributed by atoms with Crippen LogP contribution in [-0.2, 0) is 14.6 Å². The molecule has 5 nitrogen and oxygen atoms in total. The summed E-state index contributed by atoms with van der Waals surface area (Å²) in [6, 6.07) is 0.408. The van der Waals surface area contributed by atoms with Gasteiger partial charge in [-0.3, -0.25) is 9.69 Å². The van der Waals surface area contributed by atoms with E-state index in [-0.39, 0.29) is 23.3 Å². The van der Waals surface area contributed by atoms with E-state index in [0.717, 1.165) is 32.1 Å². The summed E-state index contributed by atoms with van der Waals surface area (Å²) in [6.07, 6.45) is 6.54. The van der Waals surface area contributed by atoms with Crippen LogP contribution in [0.4, 0.5) is 0 Å². The predicted molar refractivity (Wildman–Crippen MR) is 70.7 cm³/mol. The Balaban J connectivity index is 1.85. The summed E-state index contributed by atoms with van der Waals surface area (Å²) in [5, 5.41) is 8.99. The molecule has 2 bridgehead atoms. The van der Waals surface area contributed by atoms with Gasteiger partial charge in [0.15, 0.2) is 9.84 Å². The van der Waals surface area contributed by atoms with Crippen molar-refractivity contribution >= 4 is 15.8 Å². The van der Waals surface area contributed by atoms with Crippen molar-refractivity contribution in [1.82, 2.24) is 4.90 Å². The van der Waals surface area contributed by atoms with Gasteiger partial charge in [0, 0.05) is 24.4 Å². The van der Waals surface area contributed by atoms with Crippen LogP contribution in [0.1, 0.15) is 38.5 Å². The summed E-state index contributed by atoms with van der Waals surface area (Å²) < 4.78 is 23.8. The first-order chi connectivity index (χ1) is 8.89. The van der Waals surface area contributed by atoms with E-state index in [1.807, 2.05) is 0 Å². The molecule has 1 saturated carbocycles. The fourth-order valence-electron chi connectivity index (χ4n) is 4.56. The lowest BCUT2D eigenvalue weighted by Crippen LogP contribution is -2.47. The Labute approximate surface area is 113 Å². The van der Waals surface area contributed by atoms with Crippen LogP contribution in [0, 0.1) is 5.92 Å². The molecule has 3 aliphatic rings. The highest BCUT2D eigenvalue weighted by Gasteiger charge is 2.54. The van der Waals surface area contributed by atoms with Crippen LogP contribution in [0.2, 0.25) is 0 Å². The fraction of sp³-hybridized carbons (Fsp3) is 0.923. The van der Waals surface area contributed by atoms with Gasteiger partial charge in [-0.25, -0.2) is 8.42 Å². The van der Waals surface area contributed by atoms with Crippen molar-refractivity contribution in [3.8, 4) is 0 Å². The molecule has 3 rings (SSSR count). The fourth-order valence-corrected chi connectivity index (χ4v) is 6.00. The van der Waals surface area contributed by atoms with Crippen LogP contribution < -0.4 is 0 Å². The quantitative estimate of drug-likeness (QED) is 0.834. The number of carboxylic acids is 1. The van der Waals surface area contributed by atoms with Crippen LogP contribution in [0.25, 0.3) is 0 Å². The van der Waals surface area contributed by atoms with Gasteiger partial charge in [0.05, 0.1) is 11.2 Å². The molecule has 6 heteroatoms. The smallest absolute Gasteiger partial charge is 0.308 e. The Hall–Kier alpha value is -0.620. The number of aliphatic carboxylic acids is 1. The van der Waals surface area contributed by atoms with Crippen LogP contribution in [0.15, 0.2) is 0 Å². The first kappa shape index (κ1) is 13.4. The number of carboxylic acid groups (broad SMARTS) is 1. The first-order valence-corrected chi connectivity index (χ1v) is 9.04. The molecule has 1 N–H and O–H groups in total. The lowest BCUT2D eigenvalue weighted by Gasteiger charge is -2.33. The van der Waals surface area contributed by atoms with E-state index >= 15 is 0 Å². The zero-order valence-electron chi connectivity index (χ0n) is 11.2. The van der Waals surface area contributed by atoms with Gasteiger partial charge in [-0.15, -0.1) is 0 Å². The number of nitrogens with zero attached hydrogens (tertiary/aromatic N) is 1. The zero-order valence-corrected chi connectivity index (χ0v) is 12.0. The van der Waals surface area contributed by atoms with Gasteiger partial charge in [0.2, 0.25) is 0 Å². The zero-order chi connectivity index (χ0) is 13.8. The van der Waals surface area contributed by atoms with E-state index in [4.69, 9.17) is 0 Å². The second kappa shape index (κ2) is 4.45. The summed E-state index contributed by atoms with van der Waals surface area (Å²) in [5.41, 5.74) is 0. The lowest BCUT2D eigenvalue weighted by molar-refractivity contribution is -0.142. The van der Waals surface area contributed by atoms with E-state index in [9.17, 15) is 18.3 Å². The predicted octanol–water partition coefficient (Wildman–Crippen LogP) is 0.890. The maximum atomic E-state index is 11.9. The molecule has 0 aromatic heterocycles. The van der Waals surface area contributed by atoms with E-state index in [2.05, 4.69) is 4.90 Å². The molecule has 2 heterocycles.